The van der Waals surface area contributed by atoms with Crippen LogP contribution >= 0.6 is 0 Å². The normalized spacial score (nSPS) is 14.6. The maximum Gasteiger partial charge on any atom is 0.227 e. The van der Waals surface area contributed by atoms with Crippen molar-refractivity contribution in [1.29, 1.82) is 0 Å². The van der Waals surface area contributed by atoms with Gasteiger partial charge in [-0.15, -0.1) is 0 Å². The molecular formula is C26H30FN5O2. The number of hydrogen-bond donors (Lipinski definition) is 1. The fourth-order valence-electron chi connectivity index (χ4n) is 3.77. The molecule has 1 N–H and O–H groups in total. The summed E-state index contributed by atoms with van der Waals surface area (Å²) >= 11 is 0. The fraction of sp³-hybridized carbons (Fsp3) is 0.346. The highest BCUT2D eigenvalue weighted by Gasteiger charge is 2.14. The molecule has 0 bridgehead atoms. The van der Waals surface area contributed by atoms with E-state index in [9.17, 15) is 9.18 Å². The van der Waals surface area contributed by atoms with Gasteiger partial charge in [-0.05, 0) is 24.7 Å². The molecule has 0 unspecified atom stereocenters. The number of carbonyl (C=O) groups is 1. The van der Waals surface area contributed by atoms with Gasteiger partial charge in [-0.25, -0.2) is 14.4 Å². The van der Waals surface area contributed by atoms with Crippen LogP contribution in [0.3, 0.4) is 0 Å². The number of aromatic nitrogens is 2. The Balaban J connectivity index is 1.26. The van der Waals surface area contributed by atoms with Crippen molar-refractivity contribution in [2.24, 2.45) is 0 Å². The minimum atomic E-state index is -0.394. The molecule has 1 aliphatic rings. The number of rotatable bonds is 9. The molecule has 1 fully saturated rings. The Morgan fingerprint density at radius 2 is 1.79 bits per heavy atom. The van der Waals surface area contributed by atoms with Gasteiger partial charge in [0.2, 0.25) is 5.91 Å². The first-order chi connectivity index (χ1) is 16.6. The Morgan fingerprint density at radius 3 is 2.50 bits per heavy atom. The lowest BCUT2D eigenvalue weighted by atomic mass is 10.1. The van der Waals surface area contributed by atoms with Crippen LogP contribution in [0, 0.1) is 5.82 Å². The quantitative estimate of drug-likeness (QED) is 0.526. The number of nitrogens with one attached hydrogen (secondary N) is 1. The van der Waals surface area contributed by atoms with Crippen LogP contribution in [0.2, 0.25) is 0 Å². The molecule has 2 aromatic carbocycles. The van der Waals surface area contributed by atoms with Crippen LogP contribution in [0.5, 0.6) is 5.75 Å². The first-order valence-corrected chi connectivity index (χ1v) is 11.5. The summed E-state index contributed by atoms with van der Waals surface area (Å²) in [5.41, 5.74) is 1.97. The topological polar surface area (TPSA) is 70.6 Å². The van der Waals surface area contributed by atoms with Crippen molar-refractivity contribution >= 4 is 5.91 Å². The number of hydrogen-bond acceptors (Lipinski definition) is 6. The van der Waals surface area contributed by atoms with Crippen molar-refractivity contribution in [1.82, 2.24) is 25.1 Å². The van der Waals surface area contributed by atoms with Gasteiger partial charge >= 0.3 is 0 Å². The summed E-state index contributed by atoms with van der Waals surface area (Å²) in [7, 11) is 2.13. The number of nitrogens with zero attached hydrogens (tertiary/aromatic N) is 4. The minimum Gasteiger partial charge on any atom is -0.492 e. The number of halogens is 1. The van der Waals surface area contributed by atoms with E-state index >= 15 is 0 Å². The Bertz CT molecular complexity index is 1070. The van der Waals surface area contributed by atoms with Crippen molar-refractivity contribution in [3.8, 4) is 16.9 Å². The maximum absolute atomic E-state index is 14.7. The summed E-state index contributed by atoms with van der Waals surface area (Å²) < 4.78 is 20.5. The van der Waals surface area contributed by atoms with Gasteiger partial charge in [0.15, 0.2) is 0 Å². The van der Waals surface area contributed by atoms with Gasteiger partial charge in [-0.1, -0.05) is 30.3 Å². The highest BCUT2D eigenvalue weighted by molar-refractivity contribution is 5.77. The lowest BCUT2D eigenvalue weighted by Gasteiger charge is -2.32. The summed E-state index contributed by atoms with van der Waals surface area (Å²) in [6.07, 6.45) is 3.15. The highest BCUT2D eigenvalue weighted by atomic mass is 19.1. The summed E-state index contributed by atoms with van der Waals surface area (Å²) in [5.74, 6) is 0.330. The molecule has 1 saturated heterocycles. The second-order valence-electron chi connectivity index (χ2n) is 8.46. The van der Waals surface area contributed by atoms with Crippen LogP contribution in [0.4, 0.5) is 4.39 Å². The minimum absolute atomic E-state index is 0.0652. The third kappa shape index (κ3) is 6.82. The van der Waals surface area contributed by atoms with E-state index < -0.39 is 5.82 Å². The lowest BCUT2D eigenvalue weighted by Crippen LogP contribution is -2.45. The Morgan fingerprint density at radius 1 is 1.06 bits per heavy atom. The van der Waals surface area contributed by atoms with Crippen molar-refractivity contribution in [2.75, 3.05) is 46.4 Å². The molecule has 4 rings (SSSR count). The van der Waals surface area contributed by atoms with Crippen LogP contribution in [-0.4, -0.2) is 72.1 Å². The van der Waals surface area contributed by atoms with Crippen LogP contribution < -0.4 is 10.1 Å². The van der Waals surface area contributed by atoms with Crippen molar-refractivity contribution in [2.45, 2.75) is 13.0 Å². The number of ether oxygens (including phenoxy) is 1. The predicted molar refractivity (Wildman–Crippen MR) is 129 cm³/mol. The number of carbonyl (C=O) groups excluding carboxylic acids is 1. The molecule has 0 atom stereocenters. The van der Waals surface area contributed by atoms with Gasteiger partial charge < -0.3 is 15.0 Å². The zero-order valence-corrected chi connectivity index (χ0v) is 19.4. The van der Waals surface area contributed by atoms with Gasteiger partial charge in [0, 0.05) is 68.9 Å². The number of benzene rings is 2. The molecule has 0 spiro atoms. The number of piperazine rings is 1. The largest absolute Gasteiger partial charge is 0.492 e. The van der Waals surface area contributed by atoms with Gasteiger partial charge in [0.05, 0.1) is 6.42 Å². The third-order valence-corrected chi connectivity index (χ3v) is 5.88. The summed E-state index contributed by atoms with van der Waals surface area (Å²) in [4.78, 5) is 25.3. The Hall–Kier alpha value is -3.36. The first-order valence-electron chi connectivity index (χ1n) is 11.5. The molecule has 2 heterocycles. The molecule has 34 heavy (non-hydrogen) atoms. The van der Waals surface area contributed by atoms with Gasteiger partial charge in [-0.2, -0.15) is 0 Å². The second kappa shape index (κ2) is 11.7. The van der Waals surface area contributed by atoms with E-state index in [0.717, 1.165) is 38.3 Å². The Labute approximate surface area is 199 Å². The molecule has 0 radical (unpaired) electrons. The van der Waals surface area contributed by atoms with E-state index in [0.29, 0.717) is 35.9 Å². The van der Waals surface area contributed by atoms with E-state index in [1.54, 1.807) is 24.5 Å². The molecule has 1 aromatic heterocycles. The summed E-state index contributed by atoms with van der Waals surface area (Å²) in [5, 5.41) is 2.85. The zero-order valence-electron chi connectivity index (χ0n) is 19.4. The molecule has 1 amide bonds. The highest BCUT2D eigenvalue weighted by Crippen LogP contribution is 2.25. The average molecular weight is 464 g/mol. The van der Waals surface area contributed by atoms with Gasteiger partial charge in [-0.3, -0.25) is 9.69 Å². The third-order valence-electron chi connectivity index (χ3n) is 5.88. The Kier molecular flexibility index (Phi) is 8.17. The fourth-order valence-corrected chi connectivity index (χ4v) is 3.77. The van der Waals surface area contributed by atoms with Crippen LogP contribution in [-0.2, 0) is 17.8 Å². The van der Waals surface area contributed by atoms with E-state index in [-0.39, 0.29) is 12.3 Å². The summed E-state index contributed by atoms with van der Waals surface area (Å²) in [6, 6.07) is 14.5. The molecule has 3 aromatic rings. The van der Waals surface area contributed by atoms with Crippen molar-refractivity contribution in [3.05, 3.63) is 78.1 Å². The maximum atomic E-state index is 14.7. The summed E-state index contributed by atoms with van der Waals surface area (Å²) in [6.45, 7) is 5.96. The molecule has 7 nitrogen and oxygen atoms in total. The molecule has 178 valence electrons. The van der Waals surface area contributed by atoms with Crippen LogP contribution in [0.25, 0.3) is 11.1 Å². The van der Waals surface area contributed by atoms with Gasteiger partial charge in [0.25, 0.3) is 0 Å². The van der Waals surface area contributed by atoms with E-state index in [4.69, 9.17) is 4.74 Å². The monoisotopic (exact) mass is 463 g/mol. The lowest BCUT2D eigenvalue weighted by molar-refractivity contribution is -0.120. The van der Waals surface area contributed by atoms with Gasteiger partial charge in [0.1, 0.15) is 24.0 Å². The number of likely N-dealkylation sites (N-methyl/N-ethyl adjacent to an activating group) is 1. The van der Waals surface area contributed by atoms with E-state index in [1.165, 1.54) is 6.07 Å². The molecule has 8 heteroatoms. The van der Waals surface area contributed by atoms with Crippen molar-refractivity contribution < 1.29 is 13.9 Å². The van der Waals surface area contributed by atoms with Crippen LogP contribution in [0.1, 0.15) is 11.4 Å². The molecular weight excluding hydrogens is 433 g/mol. The SMILES string of the molecule is CN1CCN(CCOc2ccc(-c3cnc(CC(=O)NCc4ccccc4)nc3)c(F)c2)CC1. The zero-order chi connectivity index (χ0) is 23.8. The van der Waals surface area contributed by atoms with E-state index in [1.807, 2.05) is 30.3 Å². The second-order valence-corrected chi connectivity index (χ2v) is 8.46. The number of amides is 1. The average Bonchev–Trinajstić information content (AvgIpc) is 2.85. The molecule has 1 aliphatic heterocycles. The molecule has 0 aliphatic carbocycles. The van der Waals surface area contributed by atoms with Crippen LogP contribution in [0.15, 0.2) is 60.9 Å². The van der Waals surface area contributed by atoms with E-state index in [2.05, 4.69) is 32.1 Å². The first kappa shape index (κ1) is 23.8. The smallest absolute Gasteiger partial charge is 0.227 e. The standard InChI is InChI=1S/C26H30FN5O2/c1-31-9-11-32(12-10-31)13-14-34-22-7-8-23(24(27)15-22)21-18-28-25(29-19-21)16-26(33)30-17-20-5-3-2-4-6-20/h2-8,15,18-19H,9-14,16-17H2,1H3,(H,30,33). The molecule has 0 saturated carbocycles. The van der Waals surface area contributed by atoms with Crippen molar-refractivity contribution in [3.63, 3.8) is 0 Å². The predicted octanol–water partition coefficient (Wildman–Crippen LogP) is 2.77.